The van der Waals surface area contributed by atoms with Crippen LogP contribution in [0.15, 0.2) is 45.6 Å². The van der Waals surface area contributed by atoms with Gasteiger partial charge in [-0.3, -0.25) is 14.8 Å². The van der Waals surface area contributed by atoms with Crippen molar-refractivity contribution in [1.29, 1.82) is 0 Å². The van der Waals surface area contributed by atoms with Crippen molar-refractivity contribution >= 4 is 37.8 Å². The Hall–Kier alpha value is -1.31. The van der Waals surface area contributed by atoms with Crippen LogP contribution in [0.5, 0.6) is 0 Å². The quantitative estimate of drug-likeness (QED) is 0.590. The highest BCUT2D eigenvalue weighted by Crippen LogP contribution is 2.31. The molecule has 2 rings (SSSR count). The zero-order chi connectivity index (χ0) is 20.4. The molecule has 0 fully saturated rings. The monoisotopic (exact) mass is 498 g/mol. The van der Waals surface area contributed by atoms with E-state index in [9.17, 15) is 9.90 Å². The van der Waals surface area contributed by atoms with Gasteiger partial charge in [-0.2, -0.15) is 0 Å². The highest BCUT2D eigenvalue weighted by atomic mass is 79.9. The zero-order valence-corrected chi connectivity index (χ0v) is 19.2. The van der Waals surface area contributed by atoms with Crippen LogP contribution in [-0.2, 0) is 20.4 Å². The summed E-state index contributed by atoms with van der Waals surface area (Å²) in [7, 11) is 0. The summed E-state index contributed by atoms with van der Waals surface area (Å²) in [6.45, 7) is 8.94. The fraction of sp³-hybridized carbons (Fsp3) is 0.450. The first-order chi connectivity index (χ1) is 12.5. The summed E-state index contributed by atoms with van der Waals surface area (Å²) < 4.78 is 7.34. The van der Waals surface area contributed by atoms with Crippen LogP contribution in [0.1, 0.15) is 46.0 Å². The number of carbonyl (C=O) groups excluding carboxylic acids is 1. The molecule has 0 saturated heterocycles. The maximum absolute atomic E-state index is 12.8. The van der Waals surface area contributed by atoms with Gasteiger partial charge in [0.1, 0.15) is 17.6 Å². The van der Waals surface area contributed by atoms with Crippen molar-refractivity contribution in [3.8, 4) is 0 Å². The minimum atomic E-state index is -0.948. The fourth-order valence-corrected chi connectivity index (χ4v) is 3.40. The SMILES string of the molecule is CC(OC(=O)C(C)(C)c1cc(Br)ccn1)C(O)C(C)(C)c1cc(Br)ccn1. The van der Waals surface area contributed by atoms with Gasteiger partial charge in [0.2, 0.25) is 0 Å². The number of aliphatic hydroxyl groups is 1. The van der Waals surface area contributed by atoms with Gasteiger partial charge in [-0.05, 0) is 45.0 Å². The Morgan fingerprint density at radius 1 is 1.04 bits per heavy atom. The minimum Gasteiger partial charge on any atom is -0.459 e. The topological polar surface area (TPSA) is 72.3 Å². The highest BCUT2D eigenvalue weighted by molar-refractivity contribution is 9.10. The maximum Gasteiger partial charge on any atom is 0.317 e. The molecule has 27 heavy (non-hydrogen) atoms. The molecule has 0 aromatic carbocycles. The first kappa shape index (κ1) is 22.0. The van der Waals surface area contributed by atoms with Crippen LogP contribution in [0, 0.1) is 0 Å². The number of aromatic nitrogens is 2. The molecule has 0 spiro atoms. The Kier molecular flexibility index (Phi) is 6.81. The lowest BCUT2D eigenvalue weighted by Crippen LogP contribution is -2.46. The van der Waals surface area contributed by atoms with E-state index in [0.717, 1.165) is 8.95 Å². The van der Waals surface area contributed by atoms with Crippen molar-refractivity contribution in [2.24, 2.45) is 0 Å². The van der Waals surface area contributed by atoms with Crippen molar-refractivity contribution in [1.82, 2.24) is 9.97 Å². The average molecular weight is 500 g/mol. The molecule has 1 N–H and O–H groups in total. The predicted molar refractivity (Wildman–Crippen MR) is 111 cm³/mol. The number of esters is 1. The van der Waals surface area contributed by atoms with Crippen LogP contribution in [-0.4, -0.2) is 33.3 Å². The van der Waals surface area contributed by atoms with E-state index < -0.39 is 29.0 Å². The molecule has 2 aromatic heterocycles. The van der Waals surface area contributed by atoms with Crippen molar-refractivity contribution in [3.05, 3.63) is 57.0 Å². The highest BCUT2D eigenvalue weighted by Gasteiger charge is 2.40. The first-order valence-corrected chi connectivity index (χ1v) is 10.2. The van der Waals surface area contributed by atoms with Gasteiger partial charge >= 0.3 is 5.97 Å². The minimum absolute atomic E-state index is 0.447. The fourth-order valence-electron chi connectivity index (χ4n) is 2.73. The van der Waals surface area contributed by atoms with E-state index in [1.54, 1.807) is 45.3 Å². The molecule has 0 saturated carbocycles. The van der Waals surface area contributed by atoms with E-state index in [0.29, 0.717) is 11.4 Å². The van der Waals surface area contributed by atoms with Gasteiger partial charge < -0.3 is 9.84 Å². The second-order valence-electron chi connectivity index (χ2n) is 7.62. The summed E-state index contributed by atoms with van der Waals surface area (Å²) in [6.07, 6.45) is 1.65. The lowest BCUT2D eigenvalue weighted by molar-refractivity contribution is -0.162. The molecule has 0 aliphatic heterocycles. The Morgan fingerprint density at radius 3 is 2.04 bits per heavy atom. The number of carbonyl (C=O) groups is 1. The van der Waals surface area contributed by atoms with Crippen molar-refractivity contribution in [2.75, 3.05) is 0 Å². The second kappa shape index (κ2) is 8.37. The third kappa shape index (κ3) is 4.95. The smallest absolute Gasteiger partial charge is 0.317 e. The van der Waals surface area contributed by atoms with E-state index in [1.165, 1.54) is 0 Å². The van der Waals surface area contributed by atoms with E-state index in [4.69, 9.17) is 4.74 Å². The van der Waals surface area contributed by atoms with Crippen LogP contribution < -0.4 is 0 Å². The molecule has 2 heterocycles. The van der Waals surface area contributed by atoms with Crippen molar-refractivity contribution in [3.63, 3.8) is 0 Å². The molecular weight excluding hydrogens is 476 g/mol. The summed E-state index contributed by atoms with van der Waals surface area (Å²) in [5, 5.41) is 10.9. The van der Waals surface area contributed by atoms with Gasteiger partial charge in [-0.15, -0.1) is 0 Å². The Bertz CT molecular complexity index is 824. The number of rotatable bonds is 6. The molecule has 0 amide bonds. The molecule has 0 bridgehead atoms. The first-order valence-electron chi connectivity index (χ1n) is 8.59. The Morgan fingerprint density at radius 2 is 1.52 bits per heavy atom. The van der Waals surface area contributed by atoms with E-state index in [1.807, 2.05) is 26.0 Å². The molecule has 146 valence electrons. The summed E-state index contributed by atoms with van der Waals surface area (Å²) in [5.41, 5.74) is -0.353. The summed E-state index contributed by atoms with van der Waals surface area (Å²) in [5.74, 6) is -0.447. The second-order valence-corrected chi connectivity index (χ2v) is 9.45. The molecule has 2 unspecified atom stereocenters. The molecule has 0 radical (unpaired) electrons. The number of pyridine rings is 2. The number of aliphatic hydroxyl groups excluding tert-OH is 1. The molecular formula is C20H24Br2N2O3. The van der Waals surface area contributed by atoms with Gasteiger partial charge in [0.15, 0.2) is 0 Å². The van der Waals surface area contributed by atoms with Gasteiger partial charge in [-0.25, -0.2) is 0 Å². The third-order valence-corrected chi connectivity index (χ3v) is 5.72. The van der Waals surface area contributed by atoms with Crippen LogP contribution >= 0.6 is 31.9 Å². The average Bonchev–Trinajstić information content (AvgIpc) is 2.60. The molecule has 2 atom stereocenters. The van der Waals surface area contributed by atoms with Crippen LogP contribution in [0.25, 0.3) is 0 Å². The number of hydrogen-bond acceptors (Lipinski definition) is 5. The van der Waals surface area contributed by atoms with Gasteiger partial charge in [0, 0.05) is 32.4 Å². The maximum atomic E-state index is 12.8. The zero-order valence-electron chi connectivity index (χ0n) is 16.0. The molecule has 7 heteroatoms. The largest absolute Gasteiger partial charge is 0.459 e. The van der Waals surface area contributed by atoms with Crippen molar-refractivity contribution in [2.45, 2.75) is 57.7 Å². The predicted octanol–water partition coefficient (Wildman–Crippen LogP) is 4.55. The summed E-state index contributed by atoms with van der Waals surface area (Å²) in [4.78, 5) is 21.4. The normalized spacial score (nSPS) is 14.5. The number of hydrogen-bond donors (Lipinski definition) is 1. The summed E-state index contributed by atoms with van der Waals surface area (Å²) >= 11 is 6.81. The standard InChI is InChI=1S/C20H24Br2N2O3/c1-12(17(25)19(2,3)15-10-13(21)6-8-23-15)27-18(26)20(4,5)16-11-14(22)7-9-24-16/h6-12,17,25H,1-5H3. The Balaban J connectivity index is 2.17. The lowest BCUT2D eigenvalue weighted by Gasteiger charge is -2.35. The molecule has 5 nitrogen and oxygen atoms in total. The van der Waals surface area contributed by atoms with Gasteiger partial charge in [-0.1, -0.05) is 45.7 Å². The number of nitrogens with zero attached hydrogens (tertiary/aromatic N) is 2. The van der Waals surface area contributed by atoms with E-state index >= 15 is 0 Å². The lowest BCUT2D eigenvalue weighted by atomic mass is 9.80. The van der Waals surface area contributed by atoms with Gasteiger partial charge in [0.05, 0.1) is 5.69 Å². The van der Waals surface area contributed by atoms with Crippen LogP contribution in [0.2, 0.25) is 0 Å². The molecule has 0 aliphatic rings. The summed E-state index contributed by atoms with van der Waals surface area (Å²) in [6, 6.07) is 7.26. The van der Waals surface area contributed by atoms with Crippen LogP contribution in [0.3, 0.4) is 0 Å². The van der Waals surface area contributed by atoms with Gasteiger partial charge in [0.25, 0.3) is 0 Å². The third-order valence-electron chi connectivity index (χ3n) is 4.73. The van der Waals surface area contributed by atoms with Crippen molar-refractivity contribution < 1.29 is 14.6 Å². The number of ether oxygens (including phenoxy) is 1. The number of halogens is 2. The molecule has 2 aromatic rings. The Labute approximate surface area is 176 Å². The van der Waals surface area contributed by atoms with Crippen LogP contribution in [0.4, 0.5) is 0 Å². The van der Waals surface area contributed by atoms with E-state index in [2.05, 4.69) is 41.8 Å². The van der Waals surface area contributed by atoms with E-state index in [-0.39, 0.29) is 0 Å². The molecule has 0 aliphatic carbocycles.